The maximum atomic E-state index is 12.0. The third-order valence-electron chi connectivity index (χ3n) is 7.27. The second kappa shape index (κ2) is 10.0. The maximum Gasteiger partial charge on any atom is 0.255 e. The molecular weight excluding hydrogens is 382 g/mol. The van der Waals surface area contributed by atoms with E-state index in [4.69, 9.17) is 16.3 Å². The number of H-pyrrole nitrogens is 1. The summed E-state index contributed by atoms with van der Waals surface area (Å²) in [4.78, 5) is 14.7. The van der Waals surface area contributed by atoms with E-state index in [0.717, 1.165) is 24.1 Å². The minimum Gasteiger partial charge on any atom is -0.489 e. The quantitative estimate of drug-likeness (QED) is 0.429. The monoisotopic (exact) mass is 417 g/mol. The molecule has 2 aromatic rings. The number of fused-ring (bicyclic) bond motifs is 1. The average molecular weight is 418 g/mol. The summed E-state index contributed by atoms with van der Waals surface area (Å²) < 4.78 is 6.34. The number of rotatable bonds is 9. The molecule has 3 rings (SSSR count). The largest absolute Gasteiger partial charge is 0.489 e. The Morgan fingerprint density at radius 2 is 1.97 bits per heavy atom. The molecule has 160 valence electrons. The molecule has 1 aliphatic rings. The Balaban J connectivity index is 1.68. The SMILES string of the molecule is CCCCCC(CC)C1(CC)CCC(Oc2cc3cc[nH]c(=O)c3cc2Cl)CC1. The van der Waals surface area contributed by atoms with Crippen LogP contribution in [0.2, 0.25) is 5.02 Å². The molecule has 1 unspecified atom stereocenters. The Labute approximate surface area is 180 Å². The first-order chi connectivity index (χ1) is 14.0. The molecule has 0 spiro atoms. The summed E-state index contributed by atoms with van der Waals surface area (Å²) in [5.74, 6) is 1.53. The number of ether oxygens (including phenoxy) is 1. The van der Waals surface area contributed by atoms with Crippen molar-refractivity contribution in [3.8, 4) is 5.75 Å². The molecule has 0 aliphatic heterocycles. The minimum absolute atomic E-state index is 0.116. The fourth-order valence-electron chi connectivity index (χ4n) is 5.38. The Kier molecular flexibility index (Phi) is 7.67. The van der Waals surface area contributed by atoms with Crippen LogP contribution in [0, 0.1) is 11.3 Å². The van der Waals surface area contributed by atoms with Gasteiger partial charge in [0.15, 0.2) is 0 Å². The summed E-state index contributed by atoms with van der Waals surface area (Å²) >= 11 is 6.44. The van der Waals surface area contributed by atoms with Crippen molar-refractivity contribution >= 4 is 22.4 Å². The molecule has 4 heteroatoms. The molecule has 0 bridgehead atoms. The van der Waals surface area contributed by atoms with Gasteiger partial charge >= 0.3 is 0 Å². The number of pyridine rings is 1. The summed E-state index contributed by atoms with van der Waals surface area (Å²) in [5.41, 5.74) is 0.359. The zero-order chi connectivity index (χ0) is 20.9. The van der Waals surface area contributed by atoms with E-state index < -0.39 is 0 Å². The van der Waals surface area contributed by atoms with Gasteiger partial charge in [0.05, 0.1) is 11.1 Å². The summed E-state index contributed by atoms with van der Waals surface area (Å²) in [6.07, 6.45) is 14.5. The van der Waals surface area contributed by atoms with Crippen LogP contribution in [0.25, 0.3) is 10.8 Å². The van der Waals surface area contributed by atoms with Crippen LogP contribution in [0.15, 0.2) is 29.2 Å². The van der Waals surface area contributed by atoms with E-state index in [2.05, 4.69) is 25.8 Å². The fraction of sp³-hybridized carbons (Fsp3) is 0.640. The number of halogens is 1. The van der Waals surface area contributed by atoms with Crippen molar-refractivity contribution in [3.63, 3.8) is 0 Å². The summed E-state index contributed by atoms with van der Waals surface area (Å²) in [6, 6.07) is 5.53. The Bertz CT molecular complexity index is 852. The number of hydrogen-bond acceptors (Lipinski definition) is 2. The lowest BCUT2D eigenvalue weighted by Gasteiger charge is -2.45. The molecule has 1 heterocycles. The van der Waals surface area contributed by atoms with Crippen molar-refractivity contribution in [1.82, 2.24) is 4.98 Å². The smallest absolute Gasteiger partial charge is 0.255 e. The van der Waals surface area contributed by atoms with Crippen LogP contribution >= 0.6 is 11.6 Å². The number of benzene rings is 1. The first-order valence-electron chi connectivity index (χ1n) is 11.5. The van der Waals surface area contributed by atoms with E-state index >= 15 is 0 Å². The van der Waals surface area contributed by atoms with Crippen molar-refractivity contribution in [2.75, 3.05) is 0 Å². The lowest BCUT2D eigenvalue weighted by Crippen LogP contribution is -2.37. The second-order valence-electron chi connectivity index (χ2n) is 8.81. The third-order valence-corrected chi connectivity index (χ3v) is 7.56. The van der Waals surface area contributed by atoms with Gasteiger partial charge < -0.3 is 9.72 Å². The van der Waals surface area contributed by atoms with Crippen LogP contribution < -0.4 is 10.3 Å². The van der Waals surface area contributed by atoms with Gasteiger partial charge in [0.1, 0.15) is 5.75 Å². The van der Waals surface area contributed by atoms with Crippen molar-refractivity contribution in [3.05, 3.63) is 39.8 Å². The molecule has 3 nitrogen and oxygen atoms in total. The van der Waals surface area contributed by atoms with Crippen molar-refractivity contribution in [1.29, 1.82) is 0 Å². The molecule has 1 N–H and O–H groups in total. The molecule has 29 heavy (non-hydrogen) atoms. The first kappa shape index (κ1) is 22.2. The van der Waals surface area contributed by atoms with Crippen LogP contribution in [0.1, 0.15) is 85.0 Å². The van der Waals surface area contributed by atoms with Gasteiger partial charge in [-0.1, -0.05) is 64.5 Å². The molecule has 0 radical (unpaired) electrons. The number of nitrogens with one attached hydrogen (secondary N) is 1. The normalized spacial score (nSPS) is 23.2. The van der Waals surface area contributed by atoms with Gasteiger partial charge in [-0.3, -0.25) is 4.79 Å². The predicted octanol–water partition coefficient (Wildman–Crippen LogP) is 7.51. The molecule has 1 fully saturated rings. The third kappa shape index (κ3) is 4.99. The predicted molar refractivity (Wildman–Crippen MR) is 123 cm³/mol. The zero-order valence-corrected chi connectivity index (χ0v) is 19.0. The maximum absolute atomic E-state index is 12.0. The van der Waals surface area contributed by atoms with E-state index in [0.29, 0.717) is 21.6 Å². The summed E-state index contributed by atoms with van der Waals surface area (Å²) in [6.45, 7) is 7.03. The second-order valence-corrected chi connectivity index (χ2v) is 9.22. The van der Waals surface area contributed by atoms with E-state index in [9.17, 15) is 4.79 Å². The van der Waals surface area contributed by atoms with Crippen molar-refractivity contribution < 1.29 is 4.74 Å². The van der Waals surface area contributed by atoms with E-state index in [1.807, 2.05) is 12.1 Å². The van der Waals surface area contributed by atoms with Crippen LogP contribution in [0.4, 0.5) is 0 Å². The van der Waals surface area contributed by atoms with Gasteiger partial charge in [-0.2, -0.15) is 0 Å². The Morgan fingerprint density at radius 1 is 1.21 bits per heavy atom. The van der Waals surface area contributed by atoms with Gasteiger partial charge in [-0.05, 0) is 67.0 Å². The highest BCUT2D eigenvalue weighted by Crippen LogP contribution is 2.49. The molecule has 1 saturated carbocycles. The molecular formula is C25H36ClNO2. The fourth-order valence-corrected chi connectivity index (χ4v) is 5.59. The Hall–Kier alpha value is -1.48. The molecule has 1 aliphatic carbocycles. The van der Waals surface area contributed by atoms with Gasteiger partial charge in [-0.25, -0.2) is 0 Å². The zero-order valence-electron chi connectivity index (χ0n) is 18.2. The summed E-state index contributed by atoms with van der Waals surface area (Å²) in [5, 5.41) is 2.00. The number of aromatic amines is 1. The van der Waals surface area contributed by atoms with E-state index in [-0.39, 0.29) is 11.7 Å². The number of aromatic nitrogens is 1. The number of unbranched alkanes of at least 4 members (excludes halogenated alkanes) is 2. The van der Waals surface area contributed by atoms with E-state index in [1.54, 1.807) is 12.3 Å². The van der Waals surface area contributed by atoms with Crippen LogP contribution in [-0.4, -0.2) is 11.1 Å². The highest BCUT2D eigenvalue weighted by molar-refractivity contribution is 6.32. The molecule has 1 atom stereocenters. The minimum atomic E-state index is -0.116. The van der Waals surface area contributed by atoms with Crippen molar-refractivity contribution in [2.45, 2.75) is 91.1 Å². The topological polar surface area (TPSA) is 42.1 Å². The summed E-state index contributed by atoms with van der Waals surface area (Å²) in [7, 11) is 0. The van der Waals surface area contributed by atoms with Gasteiger partial charge in [0.2, 0.25) is 0 Å². The molecule has 0 saturated heterocycles. The average Bonchev–Trinajstić information content (AvgIpc) is 2.73. The lowest BCUT2D eigenvalue weighted by molar-refractivity contribution is 0.0258. The van der Waals surface area contributed by atoms with Crippen LogP contribution in [-0.2, 0) is 0 Å². The Morgan fingerprint density at radius 3 is 2.62 bits per heavy atom. The molecule has 1 aromatic carbocycles. The van der Waals surface area contributed by atoms with E-state index in [1.165, 1.54) is 51.4 Å². The lowest BCUT2D eigenvalue weighted by atomic mass is 9.61. The first-order valence-corrected chi connectivity index (χ1v) is 11.9. The highest BCUT2D eigenvalue weighted by atomic mass is 35.5. The van der Waals surface area contributed by atoms with Crippen LogP contribution in [0.3, 0.4) is 0 Å². The number of hydrogen-bond donors (Lipinski definition) is 1. The van der Waals surface area contributed by atoms with Gasteiger partial charge in [0.25, 0.3) is 5.56 Å². The standard InChI is InChI=1S/C25H36ClNO2/c1-4-7-8-9-19(5-2)25(6-3)13-10-20(11-14-25)29-23-16-18-12-15-27-24(28)21(18)17-22(23)26/h12,15-17,19-20H,4-11,13-14H2,1-3H3,(H,27,28). The van der Waals surface area contributed by atoms with Gasteiger partial charge in [0, 0.05) is 11.6 Å². The highest BCUT2D eigenvalue weighted by Gasteiger charge is 2.39. The molecule has 0 amide bonds. The van der Waals surface area contributed by atoms with Gasteiger partial charge in [-0.15, -0.1) is 0 Å². The molecule has 1 aromatic heterocycles. The van der Waals surface area contributed by atoms with Crippen molar-refractivity contribution in [2.24, 2.45) is 11.3 Å². The van der Waals surface area contributed by atoms with Crippen LogP contribution in [0.5, 0.6) is 5.75 Å².